The van der Waals surface area contributed by atoms with E-state index >= 15 is 0 Å². The molecule has 1 fully saturated rings. The number of hydrogen-bond acceptors (Lipinski definition) is 3. The Hall–Kier alpha value is -1.85. The third kappa shape index (κ3) is 3.44. The van der Waals surface area contributed by atoms with E-state index in [1.807, 2.05) is 52.0 Å². The lowest BCUT2D eigenvalue weighted by Gasteiger charge is -2.32. The molecule has 5 heteroatoms. The zero-order chi connectivity index (χ0) is 18.2. The topological polar surface area (TPSA) is 27.7 Å². The number of hydrogen-bond donors (Lipinski definition) is 0. The molecule has 2 aromatic rings. The zero-order valence-corrected chi connectivity index (χ0v) is 15.4. The van der Waals surface area contributed by atoms with Crippen LogP contribution in [0.4, 0.5) is 4.39 Å². The smallest absolute Gasteiger partial charge is 0.486 e. The van der Waals surface area contributed by atoms with Gasteiger partial charge in [-0.15, -0.1) is 0 Å². The molecule has 1 aliphatic heterocycles. The van der Waals surface area contributed by atoms with Gasteiger partial charge in [-0.05, 0) is 57.3 Å². The van der Waals surface area contributed by atoms with Crippen molar-refractivity contribution in [2.45, 2.75) is 52.4 Å². The van der Waals surface area contributed by atoms with Gasteiger partial charge in [0.25, 0.3) is 0 Å². The second-order valence-corrected chi connectivity index (χ2v) is 7.46. The molecule has 0 saturated carbocycles. The van der Waals surface area contributed by atoms with Crippen molar-refractivity contribution in [1.82, 2.24) is 0 Å². The van der Waals surface area contributed by atoms with Crippen LogP contribution in [-0.2, 0) is 15.9 Å². The maximum Gasteiger partial charge on any atom is 0.495 e. The van der Waals surface area contributed by atoms with Gasteiger partial charge in [0.2, 0.25) is 0 Å². The fourth-order valence-corrected chi connectivity index (χ4v) is 2.75. The van der Waals surface area contributed by atoms with E-state index in [-0.39, 0.29) is 18.2 Å². The van der Waals surface area contributed by atoms with Crippen LogP contribution in [0.25, 0.3) is 0 Å². The SMILES string of the molecule is Cc1cccc(OCc2ccccc2B2OC(C)(C)C(C)(C)O2)c1F. The summed E-state index contributed by atoms with van der Waals surface area (Å²) in [6, 6.07) is 12.9. The van der Waals surface area contributed by atoms with E-state index in [1.165, 1.54) is 0 Å². The maximum atomic E-state index is 14.1. The average Bonchev–Trinajstić information content (AvgIpc) is 2.77. The Morgan fingerprint density at radius 3 is 2.28 bits per heavy atom. The predicted octanol–water partition coefficient (Wildman–Crippen LogP) is 4.01. The summed E-state index contributed by atoms with van der Waals surface area (Å²) in [5.74, 6) is -0.0701. The minimum Gasteiger partial charge on any atom is -0.486 e. The van der Waals surface area contributed by atoms with Gasteiger partial charge in [-0.1, -0.05) is 36.4 Å². The van der Waals surface area contributed by atoms with Crippen LogP contribution in [0.5, 0.6) is 5.75 Å². The number of aryl methyl sites for hydroxylation is 1. The molecule has 0 aliphatic carbocycles. The highest BCUT2D eigenvalue weighted by Gasteiger charge is 2.52. The van der Waals surface area contributed by atoms with Crippen molar-refractivity contribution in [2.24, 2.45) is 0 Å². The van der Waals surface area contributed by atoms with Crippen LogP contribution in [0.15, 0.2) is 42.5 Å². The first-order valence-corrected chi connectivity index (χ1v) is 8.53. The molecule has 0 aromatic heterocycles. The van der Waals surface area contributed by atoms with Gasteiger partial charge < -0.3 is 14.0 Å². The molecule has 132 valence electrons. The van der Waals surface area contributed by atoms with Crippen LogP contribution < -0.4 is 10.2 Å². The van der Waals surface area contributed by atoms with E-state index in [0.29, 0.717) is 5.56 Å². The van der Waals surface area contributed by atoms with Crippen LogP contribution in [-0.4, -0.2) is 18.3 Å². The molecular weight excluding hydrogens is 318 g/mol. The van der Waals surface area contributed by atoms with Gasteiger partial charge >= 0.3 is 7.12 Å². The Balaban J connectivity index is 1.82. The highest BCUT2D eigenvalue weighted by Crippen LogP contribution is 2.36. The molecule has 0 spiro atoms. The third-order valence-electron chi connectivity index (χ3n) is 5.10. The first-order valence-electron chi connectivity index (χ1n) is 8.53. The monoisotopic (exact) mass is 342 g/mol. The number of benzene rings is 2. The minimum absolute atomic E-state index is 0.251. The average molecular weight is 342 g/mol. The molecule has 1 aliphatic rings. The lowest BCUT2D eigenvalue weighted by atomic mass is 9.76. The quantitative estimate of drug-likeness (QED) is 0.786. The summed E-state index contributed by atoms with van der Waals surface area (Å²) in [5, 5.41) is 0. The van der Waals surface area contributed by atoms with E-state index in [0.717, 1.165) is 11.0 Å². The highest BCUT2D eigenvalue weighted by molar-refractivity contribution is 6.62. The Kier molecular flexibility index (Phi) is 4.65. The summed E-state index contributed by atoms with van der Waals surface area (Å²) in [7, 11) is -0.466. The molecule has 25 heavy (non-hydrogen) atoms. The lowest BCUT2D eigenvalue weighted by molar-refractivity contribution is 0.00578. The molecule has 2 aromatic carbocycles. The lowest BCUT2D eigenvalue weighted by Crippen LogP contribution is -2.41. The summed E-state index contributed by atoms with van der Waals surface area (Å²) in [4.78, 5) is 0. The van der Waals surface area contributed by atoms with Crippen LogP contribution in [0.2, 0.25) is 0 Å². The van der Waals surface area contributed by atoms with Gasteiger partial charge in [-0.2, -0.15) is 0 Å². The van der Waals surface area contributed by atoms with Gasteiger partial charge in [0, 0.05) is 0 Å². The zero-order valence-electron chi connectivity index (χ0n) is 15.4. The van der Waals surface area contributed by atoms with Crippen LogP contribution in [0.1, 0.15) is 38.8 Å². The molecular formula is C20H24BFO3. The van der Waals surface area contributed by atoms with Gasteiger partial charge in [0.05, 0.1) is 11.2 Å². The standard InChI is InChI=1S/C20H24BFO3/c1-14-9-8-12-17(18(14)22)23-13-15-10-6-7-11-16(15)21-24-19(2,3)20(4,5)25-21/h6-12H,13H2,1-5H3. The number of ether oxygens (including phenoxy) is 1. The van der Waals surface area contributed by atoms with Crippen molar-refractivity contribution in [3.8, 4) is 5.75 Å². The fourth-order valence-electron chi connectivity index (χ4n) is 2.75. The van der Waals surface area contributed by atoms with Crippen LogP contribution in [0.3, 0.4) is 0 Å². The minimum atomic E-state index is -0.466. The predicted molar refractivity (Wildman–Crippen MR) is 97.6 cm³/mol. The second kappa shape index (κ2) is 6.47. The Morgan fingerprint density at radius 2 is 1.60 bits per heavy atom. The van der Waals surface area contributed by atoms with Crippen LogP contribution in [0, 0.1) is 12.7 Å². The Bertz CT molecular complexity index is 757. The first-order chi connectivity index (χ1) is 11.7. The molecule has 1 saturated heterocycles. The van der Waals surface area contributed by atoms with Gasteiger partial charge in [-0.25, -0.2) is 4.39 Å². The molecule has 1 heterocycles. The molecule has 0 bridgehead atoms. The summed E-state index contributed by atoms with van der Waals surface area (Å²) in [6.07, 6.45) is 0. The molecule has 0 radical (unpaired) electrons. The van der Waals surface area contributed by atoms with Crippen molar-refractivity contribution in [3.63, 3.8) is 0 Å². The molecule has 3 rings (SSSR count). The largest absolute Gasteiger partial charge is 0.495 e. The van der Waals surface area contributed by atoms with Gasteiger partial charge in [0.15, 0.2) is 11.6 Å². The maximum absolute atomic E-state index is 14.1. The normalized spacial score (nSPS) is 18.4. The van der Waals surface area contributed by atoms with E-state index < -0.39 is 18.3 Å². The van der Waals surface area contributed by atoms with Crippen molar-refractivity contribution in [2.75, 3.05) is 0 Å². The van der Waals surface area contributed by atoms with Crippen molar-refractivity contribution in [1.29, 1.82) is 0 Å². The molecule has 0 N–H and O–H groups in total. The summed E-state index contributed by atoms with van der Waals surface area (Å²) in [5.41, 5.74) is 1.58. The summed E-state index contributed by atoms with van der Waals surface area (Å²) in [6.45, 7) is 10.1. The van der Waals surface area contributed by atoms with E-state index in [9.17, 15) is 4.39 Å². The highest BCUT2D eigenvalue weighted by atomic mass is 19.1. The molecule has 3 nitrogen and oxygen atoms in total. The summed E-state index contributed by atoms with van der Waals surface area (Å²) >= 11 is 0. The molecule has 0 unspecified atom stereocenters. The van der Waals surface area contributed by atoms with E-state index in [4.69, 9.17) is 14.0 Å². The van der Waals surface area contributed by atoms with Crippen molar-refractivity contribution >= 4 is 12.6 Å². The van der Waals surface area contributed by atoms with Gasteiger partial charge in [-0.3, -0.25) is 0 Å². The van der Waals surface area contributed by atoms with Crippen molar-refractivity contribution < 1.29 is 18.4 Å². The molecule has 0 amide bonds. The number of halogens is 1. The van der Waals surface area contributed by atoms with E-state index in [1.54, 1.807) is 25.1 Å². The van der Waals surface area contributed by atoms with Crippen LogP contribution >= 0.6 is 0 Å². The van der Waals surface area contributed by atoms with Gasteiger partial charge in [0.1, 0.15) is 6.61 Å². The van der Waals surface area contributed by atoms with Crippen molar-refractivity contribution in [3.05, 3.63) is 59.4 Å². The fraction of sp³-hybridized carbons (Fsp3) is 0.400. The van der Waals surface area contributed by atoms with E-state index in [2.05, 4.69) is 0 Å². The number of rotatable bonds is 4. The first kappa shape index (κ1) is 18.0. The Labute approximate surface area is 149 Å². The summed E-state index contributed by atoms with van der Waals surface area (Å²) < 4.78 is 32.1. The Morgan fingerprint density at radius 1 is 0.960 bits per heavy atom. The molecule has 0 atom stereocenters. The third-order valence-corrected chi connectivity index (χ3v) is 5.10. The second-order valence-electron chi connectivity index (χ2n) is 7.46.